The molecule has 0 atom stereocenters. The molecule has 0 aliphatic carbocycles. The van der Waals surface area contributed by atoms with Crippen LogP contribution in [-0.4, -0.2) is 53.1 Å². The summed E-state index contributed by atoms with van der Waals surface area (Å²) >= 11 is 0. The van der Waals surface area contributed by atoms with E-state index >= 15 is 0 Å². The number of benzene rings is 1. The molecule has 1 aromatic carbocycles. The lowest BCUT2D eigenvalue weighted by atomic mass is 10.1. The Morgan fingerprint density at radius 1 is 1.09 bits per heavy atom. The maximum Gasteiger partial charge on any atom is 0.157 e. The highest BCUT2D eigenvalue weighted by molar-refractivity contribution is 5.85. The van der Waals surface area contributed by atoms with Crippen LogP contribution in [-0.2, 0) is 0 Å². The van der Waals surface area contributed by atoms with E-state index in [0.29, 0.717) is 0 Å². The van der Waals surface area contributed by atoms with Crippen LogP contribution in [0.15, 0.2) is 36.5 Å². The largest absolute Gasteiger partial charge is 0.369 e. The van der Waals surface area contributed by atoms with Gasteiger partial charge in [-0.3, -0.25) is 4.98 Å². The molecule has 23 heavy (non-hydrogen) atoms. The molecule has 5 heteroatoms. The molecule has 3 aromatic rings. The van der Waals surface area contributed by atoms with Gasteiger partial charge in [0.25, 0.3) is 0 Å². The Hall–Kier alpha value is -2.40. The van der Waals surface area contributed by atoms with Crippen molar-refractivity contribution < 1.29 is 0 Å². The van der Waals surface area contributed by atoms with Crippen LogP contribution in [0.1, 0.15) is 5.56 Å². The van der Waals surface area contributed by atoms with E-state index in [2.05, 4.69) is 45.9 Å². The molecule has 0 unspecified atom stereocenters. The molecular formula is C18H21N5. The average molecular weight is 307 g/mol. The highest BCUT2D eigenvalue weighted by atomic mass is 15.2. The first-order valence-corrected chi connectivity index (χ1v) is 8.06. The van der Waals surface area contributed by atoms with E-state index in [-0.39, 0.29) is 0 Å². The molecule has 1 aliphatic heterocycles. The van der Waals surface area contributed by atoms with Gasteiger partial charge in [0.1, 0.15) is 5.69 Å². The number of piperazine rings is 1. The molecule has 2 aromatic heterocycles. The van der Waals surface area contributed by atoms with Gasteiger partial charge >= 0.3 is 0 Å². The summed E-state index contributed by atoms with van der Waals surface area (Å²) in [5, 5.41) is 0. The number of hydrogen-bond donors (Lipinski definition) is 1. The zero-order valence-corrected chi connectivity index (χ0v) is 13.6. The second-order valence-corrected chi connectivity index (χ2v) is 6.25. The maximum absolute atomic E-state index is 4.74. The average Bonchev–Trinajstić information content (AvgIpc) is 3.01. The van der Waals surface area contributed by atoms with Crippen LogP contribution in [0.3, 0.4) is 0 Å². The van der Waals surface area contributed by atoms with Gasteiger partial charge in [0.15, 0.2) is 5.82 Å². The molecule has 1 fully saturated rings. The van der Waals surface area contributed by atoms with Gasteiger partial charge in [-0.15, -0.1) is 0 Å². The number of nitrogens with one attached hydrogen (secondary N) is 1. The molecule has 118 valence electrons. The van der Waals surface area contributed by atoms with Crippen LogP contribution in [0.2, 0.25) is 0 Å². The van der Waals surface area contributed by atoms with Gasteiger partial charge in [0, 0.05) is 38.1 Å². The summed E-state index contributed by atoms with van der Waals surface area (Å²) in [6.45, 7) is 6.49. The summed E-state index contributed by atoms with van der Waals surface area (Å²) in [6, 6.07) is 10.3. The number of fused-ring (bicyclic) bond motifs is 1. The highest BCUT2D eigenvalue weighted by Crippen LogP contribution is 2.27. The van der Waals surface area contributed by atoms with Gasteiger partial charge < -0.3 is 14.8 Å². The molecule has 0 spiro atoms. The Balaban J connectivity index is 1.73. The number of H-pyrrole nitrogens is 1. The topological polar surface area (TPSA) is 48.0 Å². The van der Waals surface area contributed by atoms with Crippen LogP contribution in [0, 0.1) is 6.92 Å². The first-order valence-electron chi connectivity index (χ1n) is 8.06. The quantitative estimate of drug-likeness (QED) is 0.791. The molecular weight excluding hydrogens is 286 g/mol. The fourth-order valence-corrected chi connectivity index (χ4v) is 3.14. The second kappa shape index (κ2) is 5.66. The molecule has 1 N–H and O–H groups in total. The van der Waals surface area contributed by atoms with Crippen LogP contribution >= 0.6 is 0 Å². The molecule has 0 bridgehead atoms. The van der Waals surface area contributed by atoms with Gasteiger partial charge in [0.05, 0.1) is 11.0 Å². The minimum absolute atomic E-state index is 0.833. The molecule has 0 amide bonds. The van der Waals surface area contributed by atoms with Crippen molar-refractivity contribution in [2.45, 2.75) is 6.92 Å². The van der Waals surface area contributed by atoms with Crippen molar-refractivity contribution in [1.82, 2.24) is 19.9 Å². The van der Waals surface area contributed by atoms with Gasteiger partial charge in [-0.2, -0.15) is 0 Å². The van der Waals surface area contributed by atoms with Crippen molar-refractivity contribution in [2.75, 3.05) is 38.1 Å². The van der Waals surface area contributed by atoms with Crippen molar-refractivity contribution in [3.05, 3.63) is 42.1 Å². The van der Waals surface area contributed by atoms with Crippen molar-refractivity contribution in [1.29, 1.82) is 0 Å². The van der Waals surface area contributed by atoms with E-state index in [4.69, 9.17) is 4.98 Å². The van der Waals surface area contributed by atoms with Crippen molar-refractivity contribution in [2.24, 2.45) is 0 Å². The van der Waals surface area contributed by atoms with Gasteiger partial charge in [-0.1, -0.05) is 6.07 Å². The first kappa shape index (κ1) is 14.2. The van der Waals surface area contributed by atoms with E-state index in [1.54, 1.807) is 6.20 Å². The highest BCUT2D eigenvalue weighted by Gasteiger charge is 2.16. The number of rotatable bonds is 2. The van der Waals surface area contributed by atoms with Crippen molar-refractivity contribution in [3.8, 4) is 11.5 Å². The van der Waals surface area contributed by atoms with E-state index in [1.807, 2.05) is 18.2 Å². The van der Waals surface area contributed by atoms with Crippen molar-refractivity contribution >= 4 is 16.7 Å². The number of aryl methyl sites for hydroxylation is 1. The fourth-order valence-electron chi connectivity index (χ4n) is 3.14. The molecule has 0 saturated carbocycles. The first-order chi connectivity index (χ1) is 11.2. The molecule has 4 rings (SSSR count). The molecule has 5 nitrogen and oxygen atoms in total. The number of aromatic nitrogens is 3. The fraction of sp³-hybridized carbons (Fsp3) is 0.333. The molecule has 1 aliphatic rings. The molecule has 0 radical (unpaired) electrons. The SMILES string of the molecule is Cc1cc(N2CCN(C)CC2)cc2[nH]c(-c3ccccn3)nc12. The smallest absolute Gasteiger partial charge is 0.157 e. The zero-order chi connectivity index (χ0) is 15.8. The summed E-state index contributed by atoms with van der Waals surface area (Å²) in [6.07, 6.45) is 1.80. The lowest BCUT2D eigenvalue weighted by Crippen LogP contribution is -2.44. The third-order valence-corrected chi connectivity index (χ3v) is 4.54. The number of anilines is 1. The number of pyridine rings is 1. The van der Waals surface area contributed by atoms with Crippen LogP contribution in [0.25, 0.3) is 22.6 Å². The monoisotopic (exact) mass is 307 g/mol. The third-order valence-electron chi connectivity index (χ3n) is 4.54. The Bertz CT molecular complexity index is 816. The standard InChI is InChI=1S/C18H21N5/c1-13-11-14(23-9-7-22(2)8-10-23)12-16-17(13)21-18(20-16)15-5-3-4-6-19-15/h3-6,11-12H,7-10H2,1-2H3,(H,20,21). The van der Waals surface area contributed by atoms with Crippen LogP contribution in [0.5, 0.6) is 0 Å². The van der Waals surface area contributed by atoms with E-state index in [1.165, 1.54) is 11.3 Å². The zero-order valence-electron chi connectivity index (χ0n) is 13.6. The Kier molecular flexibility index (Phi) is 3.50. The minimum Gasteiger partial charge on any atom is -0.369 e. The summed E-state index contributed by atoms with van der Waals surface area (Å²) in [4.78, 5) is 17.4. The van der Waals surface area contributed by atoms with E-state index in [0.717, 1.165) is 48.7 Å². The second-order valence-electron chi connectivity index (χ2n) is 6.25. The number of likely N-dealkylation sites (N-methyl/N-ethyl adjacent to an activating group) is 1. The minimum atomic E-state index is 0.833. The number of nitrogens with zero attached hydrogens (tertiary/aromatic N) is 4. The summed E-state index contributed by atoms with van der Waals surface area (Å²) in [5.74, 6) is 0.833. The Morgan fingerprint density at radius 2 is 1.91 bits per heavy atom. The van der Waals surface area contributed by atoms with Gasteiger partial charge in [-0.25, -0.2) is 4.98 Å². The van der Waals surface area contributed by atoms with Gasteiger partial charge in [0.2, 0.25) is 0 Å². The Morgan fingerprint density at radius 3 is 2.65 bits per heavy atom. The molecule has 3 heterocycles. The summed E-state index contributed by atoms with van der Waals surface area (Å²) in [7, 11) is 2.18. The Labute approximate surface area is 136 Å². The van der Waals surface area contributed by atoms with Crippen LogP contribution < -0.4 is 4.90 Å². The van der Waals surface area contributed by atoms with E-state index in [9.17, 15) is 0 Å². The summed E-state index contributed by atoms with van der Waals surface area (Å²) in [5.41, 5.74) is 5.47. The number of hydrogen-bond acceptors (Lipinski definition) is 4. The normalized spacial score (nSPS) is 16.2. The predicted molar refractivity (Wildman–Crippen MR) is 93.8 cm³/mol. The van der Waals surface area contributed by atoms with Crippen molar-refractivity contribution in [3.63, 3.8) is 0 Å². The third kappa shape index (κ3) is 2.68. The lowest BCUT2D eigenvalue weighted by molar-refractivity contribution is 0.313. The lowest BCUT2D eigenvalue weighted by Gasteiger charge is -2.34. The maximum atomic E-state index is 4.74. The van der Waals surface area contributed by atoms with Gasteiger partial charge in [-0.05, 0) is 43.8 Å². The number of imidazole rings is 1. The van der Waals surface area contributed by atoms with E-state index < -0.39 is 0 Å². The summed E-state index contributed by atoms with van der Waals surface area (Å²) < 4.78 is 0. The number of aromatic amines is 1. The van der Waals surface area contributed by atoms with Crippen LogP contribution in [0.4, 0.5) is 5.69 Å². The molecule has 1 saturated heterocycles. The predicted octanol–water partition coefficient (Wildman–Crippen LogP) is 2.69.